The van der Waals surface area contributed by atoms with Crippen LogP contribution in [0.4, 0.5) is 5.69 Å². The second-order valence-corrected chi connectivity index (χ2v) is 6.92. The van der Waals surface area contributed by atoms with Gasteiger partial charge in [-0.3, -0.25) is 9.79 Å². The van der Waals surface area contributed by atoms with Gasteiger partial charge in [-0.15, -0.1) is 0 Å². The molecule has 0 N–H and O–H groups in total. The van der Waals surface area contributed by atoms with Gasteiger partial charge < -0.3 is 14.2 Å². The molecule has 28 heavy (non-hydrogen) atoms. The summed E-state index contributed by atoms with van der Waals surface area (Å²) in [7, 11) is 1.62. The Balaban J connectivity index is 2.27. The normalized spacial score (nSPS) is 18.3. The molecule has 0 saturated carbocycles. The van der Waals surface area contributed by atoms with Crippen LogP contribution in [0.25, 0.3) is 0 Å². The first-order valence-electron chi connectivity index (χ1n) is 9.48. The van der Waals surface area contributed by atoms with E-state index >= 15 is 0 Å². The molecule has 0 saturated heterocycles. The quantitative estimate of drug-likeness (QED) is 0.697. The van der Waals surface area contributed by atoms with Gasteiger partial charge in [0.2, 0.25) is 5.88 Å². The highest BCUT2D eigenvalue weighted by Gasteiger charge is 2.42. The van der Waals surface area contributed by atoms with Crippen molar-refractivity contribution in [1.29, 1.82) is 0 Å². The lowest BCUT2D eigenvalue weighted by atomic mass is 9.76. The van der Waals surface area contributed by atoms with E-state index in [1.165, 1.54) is 0 Å². The van der Waals surface area contributed by atoms with Crippen molar-refractivity contribution < 1.29 is 19.0 Å². The van der Waals surface area contributed by atoms with Crippen LogP contribution in [-0.4, -0.2) is 36.5 Å². The Hall–Kier alpha value is -2.89. The maximum absolute atomic E-state index is 12.9. The van der Waals surface area contributed by atoms with Crippen LogP contribution in [0.1, 0.15) is 44.7 Å². The van der Waals surface area contributed by atoms with Crippen molar-refractivity contribution >= 4 is 17.4 Å². The molecule has 1 aliphatic rings. The zero-order valence-electron chi connectivity index (χ0n) is 16.9. The number of aliphatic imine (C=N–C) groups is 1. The minimum absolute atomic E-state index is 0.0645. The second-order valence-electron chi connectivity index (χ2n) is 6.92. The first-order chi connectivity index (χ1) is 13.5. The highest BCUT2D eigenvalue weighted by molar-refractivity contribution is 6.05. The molecule has 2 atom stereocenters. The number of hydrogen-bond donors (Lipinski definition) is 0. The van der Waals surface area contributed by atoms with E-state index in [-0.39, 0.29) is 18.0 Å². The third-order valence-electron chi connectivity index (χ3n) is 4.68. The van der Waals surface area contributed by atoms with Gasteiger partial charge in [0.15, 0.2) is 0 Å². The number of fused-ring (bicyclic) bond motifs is 1. The van der Waals surface area contributed by atoms with Gasteiger partial charge in [-0.05, 0) is 39.8 Å². The summed E-state index contributed by atoms with van der Waals surface area (Å²) < 4.78 is 17.0. The average Bonchev–Trinajstić information content (AvgIpc) is 2.66. The first kappa shape index (κ1) is 19.9. The third kappa shape index (κ3) is 3.72. The summed E-state index contributed by atoms with van der Waals surface area (Å²) in [6.07, 6.45) is 1.61. The largest absolute Gasteiger partial charge is 0.496 e. The molecule has 6 heteroatoms. The Labute approximate surface area is 165 Å². The number of carbonyl (C=O) groups excluding carboxylic acids is 1. The number of hydrogen-bond acceptors (Lipinski definition) is 6. The van der Waals surface area contributed by atoms with Gasteiger partial charge in [-0.2, -0.15) is 0 Å². The van der Waals surface area contributed by atoms with E-state index in [0.717, 1.165) is 16.8 Å². The lowest BCUT2D eigenvalue weighted by molar-refractivity contribution is -0.146. The molecule has 1 aromatic carbocycles. The number of ether oxygens (including phenoxy) is 3. The topological polar surface area (TPSA) is 70.0 Å². The van der Waals surface area contributed by atoms with Crippen LogP contribution in [0, 0.1) is 5.92 Å². The third-order valence-corrected chi connectivity index (χ3v) is 4.68. The molecule has 0 fully saturated rings. The Bertz CT molecular complexity index is 892. The van der Waals surface area contributed by atoms with Crippen LogP contribution in [0.5, 0.6) is 11.6 Å². The average molecular weight is 382 g/mol. The fraction of sp³-hybridized carbons (Fsp3) is 0.409. The number of para-hydroxylation sites is 1. The van der Waals surface area contributed by atoms with Crippen LogP contribution >= 0.6 is 0 Å². The Morgan fingerprint density at radius 3 is 2.64 bits per heavy atom. The van der Waals surface area contributed by atoms with Crippen molar-refractivity contribution in [3.05, 3.63) is 47.7 Å². The molecule has 1 aromatic heterocycles. The van der Waals surface area contributed by atoms with Crippen LogP contribution in [-0.2, 0) is 9.53 Å². The first-order valence-corrected chi connectivity index (χ1v) is 9.48. The van der Waals surface area contributed by atoms with E-state index in [2.05, 4.69) is 9.98 Å². The molecule has 0 amide bonds. The van der Waals surface area contributed by atoms with Crippen molar-refractivity contribution in [2.24, 2.45) is 10.9 Å². The van der Waals surface area contributed by atoms with Crippen molar-refractivity contribution in [2.45, 2.75) is 39.7 Å². The van der Waals surface area contributed by atoms with Gasteiger partial charge in [0.1, 0.15) is 11.7 Å². The zero-order chi connectivity index (χ0) is 20.3. The van der Waals surface area contributed by atoms with Crippen molar-refractivity contribution in [3.8, 4) is 11.6 Å². The van der Waals surface area contributed by atoms with E-state index in [1.54, 1.807) is 20.2 Å². The maximum Gasteiger partial charge on any atom is 0.315 e. The summed E-state index contributed by atoms with van der Waals surface area (Å²) in [5.41, 5.74) is 3.10. The highest BCUT2D eigenvalue weighted by atomic mass is 16.5. The number of benzene rings is 1. The minimum Gasteiger partial charge on any atom is -0.496 e. The molecular formula is C22H26N2O4. The number of pyridine rings is 1. The second kappa shape index (κ2) is 8.42. The summed E-state index contributed by atoms with van der Waals surface area (Å²) in [6.45, 7) is 7.85. The number of carbonyl (C=O) groups is 1. The lowest BCUT2D eigenvalue weighted by Gasteiger charge is -2.32. The predicted molar refractivity (Wildman–Crippen MR) is 108 cm³/mol. The van der Waals surface area contributed by atoms with E-state index in [4.69, 9.17) is 14.2 Å². The summed E-state index contributed by atoms with van der Waals surface area (Å²) in [4.78, 5) is 22.1. The van der Waals surface area contributed by atoms with Crippen LogP contribution in [0.3, 0.4) is 0 Å². The van der Waals surface area contributed by atoms with Gasteiger partial charge in [-0.25, -0.2) is 4.98 Å². The van der Waals surface area contributed by atoms with E-state index in [0.29, 0.717) is 23.9 Å². The molecule has 2 unspecified atom stereocenters. The van der Waals surface area contributed by atoms with Crippen LogP contribution in [0.2, 0.25) is 0 Å². The Morgan fingerprint density at radius 2 is 1.96 bits per heavy atom. The lowest BCUT2D eigenvalue weighted by Crippen LogP contribution is -2.34. The van der Waals surface area contributed by atoms with E-state index in [9.17, 15) is 4.79 Å². The molecule has 2 aromatic rings. The Kier molecular flexibility index (Phi) is 5.97. The molecule has 6 nitrogen and oxygen atoms in total. The molecule has 0 spiro atoms. The Morgan fingerprint density at radius 1 is 1.21 bits per heavy atom. The van der Waals surface area contributed by atoms with E-state index in [1.807, 2.05) is 51.1 Å². The monoisotopic (exact) mass is 382 g/mol. The standard InChI is InChI=1S/C22H26N2O4/c1-6-27-22(25)18-14(4)24-16-11-12-23-21(28-13(2)3)20(16)19(18)15-9-7-8-10-17(15)26-5/h7-13,18-19H,6H2,1-5H3. The number of nitrogens with zero attached hydrogens (tertiary/aromatic N) is 2. The molecule has 0 bridgehead atoms. The van der Waals surface area contributed by atoms with Gasteiger partial charge in [0.05, 0.1) is 25.5 Å². The van der Waals surface area contributed by atoms with Crippen molar-refractivity contribution in [1.82, 2.24) is 4.98 Å². The zero-order valence-corrected chi connectivity index (χ0v) is 16.9. The number of methoxy groups -OCH3 is 1. The summed E-state index contributed by atoms with van der Waals surface area (Å²) in [6, 6.07) is 9.53. The highest BCUT2D eigenvalue weighted by Crippen LogP contribution is 2.48. The predicted octanol–water partition coefficient (Wildman–Crippen LogP) is 4.29. The van der Waals surface area contributed by atoms with Gasteiger partial charge in [0.25, 0.3) is 0 Å². The van der Waals surface area contributed by atoms with Gasteiger partial charge >= 0.3 is 5.97 Å². The fourth-order valence-corrected chi connectivity index (χ4v) is 3.62. The maximum atomic E-state index is 12.9. The van der Waals surface area contributed by atoms with Crippen LogP contribution < -0.4 is 9.47 Å². The molecule has 3 rings (SSSR count). The van der Waals surface area contributed by atoms with Crippen molar-refractivity contribution in [2.75, 3.05) is 13.7 Å². The number of esters is 1. The summed E-state index contributed by atoms with van der Waals surface area (Å²) in [5.74, 6) is -0.0898. The molecular weight excluding hydrogens is 356 g/mol. The summed E-state index contributed by atoms with van der Waals surface area (Å²) in [5, 5.41) is 0. The van der Waals surface area contributed by atoms with Gasteiger partial charge in [-0.1, -0.05) is 18.2 Å². The molecule has 0 aliphatic carbocycles. The SMILES string of the molecule is CCOC(=O)C1C(C)=Nc2ccnc(OC(C)C)c2C1c1ccccc1OC. The molecule has 148 valence electrons. The molecule has 1 aliphatic heterocycles. The van der Waals surface area contributed by atoms with E-state index < -0.39 is 5.92 Å². The molecule has 2 heterocycles. The van der Waals surface area contributed by atoms with Crippen molar-refractivity contribution in [3.63, 3.8) is 0 Å². The van der Waals surface area contributed by atoms with Gasteiger partial charge in [0, 0.05) is 29.0 Å². The molecule has 0 radical (unpaired) electrons. The number of aromatic nitrogens is 1. The minimum atomic E-state index is -0.581. The number of rotatable bonds is 6. The van der Waals surface area contributed by atoms with Crippen LogP contribution in [0.15, 0.2) is 41.5 Å². The smallest absolute Gasteiger partial charge is 0.315 e. The summed E-state index contributed by atoms with van der Waals surface area (Å²) >= 11 is 0. The fourth-order valence-electron chi connectivity index (χ4n) is 3.62.